The summed E-state index contributed by atoms with van der Waals surface area (Å²) in [6.45, 7) is 2.04. The van der Waals surface area contributed by atoms with E-state index in [1.54, 1.807) is 12.1 Å². The molecule has 0 saturated heterocycles. The van der Waals surface area contributed by atoms with Crippen LogP contribution in [0.5, 0.6) is 0 Å². The summed E-state index contributed by atoms with van der Waals surface area (Å²) in [4.78, 5) is 12.3. The maximum atomic E-state index is 13.2. The van der Waals surface area contributed by atoms with Crippen molar-refractivity contribution in [1.29, 1.82) is 5.41 Å². The Kier molecular flexibility index (Phi) is 6.99. The molecular formula is C20H24F2N3O2P. The first kappa shape index (κ1) is 22.1. The highest BCUT2D eigenvalue weighted by molar-refractivity contribution is 7.41. The summed E-state index contributed by atoms with van der Waals surface area (Å²) in [5.41, 5.74) is -2.08. The number of hydrogen-bond acceptors (Lipinski definition) is 4. The molecule has 0 spiro atoms. The second kappa shape index (κ2) is 8.86. The molecule has 0 fully saturated rings. The predicted molar refractivity (Wildman–Crippen MR) is 110 cm³/mol. The molecule has 4 N–H and O–H groups in total. The van der Waals surface area contributed by atoms with Gasteiger partial charge < -0.3 is 15.8 Å². The smallest absolute Gasteiger partial charge is 0.268 e. The van der Waals surface area contributed by atoms with Crippen LogP contribution in [0.3, 0.4) is 0 Å². The van der Waals surface area contributed by atoms with E-state index >= 15 is 0 Å². The molecule has 5 nitrogen and oxygen atoms in total. The molecular weight excluding hydrogens is 383 g/mol. The first-order valence-corrected chi connectivity index (χ1v) is 9.21. The molecule has 150 valence electrons. The van der Waals surface area contributed by atoms with E-state index in [0.717, 1.165) is 18.1 Å². The van der Waals surface area contributed by atoms with Gasteiger partial charge in [-0.15, -0.1) is 0 Å². The molecule has 0 aliphatic rings. The summed E-state index contributed by atoms with van der Waals surface area (Å²) < 4.78 is 26.4. The zero-order chi connectivity index (χ0) is 20.9. The zero-order valence-electron chi connectivity index (χ0n) is 15.7. The minimum atomic E-state index is -3.08. The topological polar surface area (TPSA) is 85.2 Å². The lowest BCUT2D eigenvalue weighted by molar-refractivity contribution is -0.116. The molecule has 1 amide bonds. The first-order chi connectivity index (χ1) is 13.1. The number of carbonyl (C=O) groups excluding carboxylic acids is 1. The molecule has 0 aromatic heterocycles. The van der Waals surface area contributed by atoms with Crippen molar-refractivity contribution in [2.45, 2.75) is 31.4 Å². The van der Waals surface area contributed by atoms with Crippen molar-refractivity contribution in [2.75, 3.05) is 6.67 Å². The third kappa shape index (κ3) is 4.61. The number of hydrogen-bond donors (Lipinski definition) is 4. The molecule has 0 aliphatic carbocycles. The normalized spacial score (nSPS) is 15.5. The lowest BCUT2D eigenvalue weighted by atomic mass is 9.83. The number of amides is 1. The number of carbonyl (C=O) groups is 1. The van der Waals surface area contributed by atoms with E-state index in [9.17, 15) is 18.7 Å². The van der Waals surface area contributed by atoms with E-state index in [1.807, 2.05) is 51.7 Å². The second-order valence-electron chi connectivity index (χ2n) is 6.79. The molecule has 8 heteroatoms. The van der Waals surface area contributed by atoms with Gasteiger partial charge in [0.05, 0.1) is 12.2 Å². The number of benzene rings is 2. The van der Waals surface area contributed by atoms with Gasteiger partial charge in [-0.05, 0) is 37.1 Å². The fraction of sp³-hybridized carbons (Fsp3) is 0.300. The number of alkyl halides is 2. The van der Waals surface area contributed by atoms with E-state index in [2.05, 4.69) is 10.6 Å². The number of rotatable bonds is 8. The van der Waals surface area contributed by atoms with Gasteiger partial charge in [0.25, 0.3) is 12.3 Å². The van der Waals surface area contributed by atoms with Crippen LogP contribution in [-0.2, 0) is 0 Å². The van der Waals surface area contributed by atoms with Crippen LogP contribution >= 0.6 is 9.24 Å². The van der Waals surface area contributed by atoms with Crippen molar-refractivity contribution in [3.05, 3.63) is 60.2 Å². The monoisotopic (exact) mass is 407 g/mol. The lowest BCUT2D eigenvalue weighted by Gasteiger charge is -2.42. The number of nitrogens with one attached hydrogen (secondary N) is 3. The SMILES string of the molecule is CC(NCNC(=O)c1ccc(-c2ccccc2)cc1)(C(=N)P)C(C)(O)C(F)F. The molecule has 28 heavy (non-hydrogen) atoms. The Morgan fingerprint density at radius 3 is 2.14 bits per heavy atom. The molecule has 3 atom stereocenters. The average molecular weight is 407 g/mol. The Bertz CT molecular complexity index is 829. The fourth-order valence-corrected chi connectivity index (χ4v) is 3.01. The van der Waals surface area contributed by atoms with E-state index < -0.39 is 23.5 Å². The van der Waals surface area contributed by atoms with Crippen LogP contribution in [0.15, 0.2) is 54.6 Å². The molecule has 0 heterocycles. The van der Waals surface area contributed by atoms with Crippen molar-refractivity contribution < 1.29 is 18.7 Å². The summed E-state index contributed by atoms with van der Waals surface area (Å²) in [6, 6.07) is 16.7. The lowest BCUT2D eigenvalue weighted by Crippen LogP contribution is -2.67. The van der Waals surface area contributed by atoms with Crippen molar-refractivity contribution in [3.63, 3.8) is 0 Å². The van der Waals surface area contributed by atoms with Crippen LogP contribution < -0.4 is 10.6 Å². The van der Waals surface area contributed by atoms with Crippen molar-refractivity contribution in [3.8, 4) is 11.1 Å². The van der Waals surface area contributed by atoms with Gasteiger partial charge in [-0.3, -0.25) is 10.1 Å². The Hall–Kier alpha value is -2.21. The highest BCUT2D eigenvalue weighted by Gasteiger charge is 2.51. The van der Waals surface area contributed by atoms with Crippen LogP contribution in [0, 0.1) is 5.41 Å². The van der Waals surface area contributed by atoms with Gasteiger partial charge in [0.15, 0.2) is 0 Å². The van der Waals surface area contributed by atoms with Gasteiger partial charge in [0.2, 0.25) is 0 Å². The summed E-state index contributed by atoms with van der Waals surface area (Å²) in [6.07, 6.45) is -3.08. The van der Waals surface area contributed by atoms with Crippen LogP contribution in [0.4, 0.5) is 8.78 Å². The van der Waals surface area contributed by atoms with Gasteiger partial charge in [-0.1, -0.05) is 51.7 Å². The Morgan fingerprint density at radius 1 is 1.11 bits per heavy atom. The first-order valence-electron chi connectivity index (χ1n) is 8.63. The Labute approximate surface area is 165 Å². The zero-order valence-corrected chi connectivity index (χ0v) is 16.8. The maximum Gasteiger partial charge on any atom is 0.268 e. The van der Waals surface area contributed by atoms with Crippen molar-refractivity contribution in [2.24, 2.45) is 0 Å². The fourth-order valence-electron chi connectivity index (χ4n) is 2.61. The minimum Gasteiger partial charge on any atom is -0.382 e. The van der Waals surface area contributed by atoms with Gasteiger partial charge in [0, 0.05) is 11.0 Å². The Morgan fingerprint density at radius 2 is 1.64 bits per heavy atom. The van der Waals surface area contributed by atoms with Gasteiger partial charge in [-0.25, -0.2) is 8.78 Å². The average Bonchev–Trinajstić information content (AvgIpc) is 2.68. The molecule has 0 radical (unpaired) electrons. The van der Waals surface area contributed by atoms with E-state index in [4.69, 9.17) is 5.41 Å². The van der Waals surface area contributed by atoms with Gasteiger partial charge in [-0.2, -0.15) is 0 Å². The number of halogens is 2. The van der Waals surface area contributed by atoms with E-state index in [1.165, 1.54) is 6.92 Å². The van der Waals surface area contributed by atoms with Crippen molar-refractivity contribution >= 4 is 20.6 Å². The molecule has 0 saturated carbocycles. The third-order valence-electron chi connectivity index (χ3n) is 4.92. The molecule has 0 bridgehead atoms. The quantitative estimate of drug-likeness (QED) is 0.308. The van der Waals surface area contributed by atoms with Gasteiger partial charge >= 0.3 is 0 Å². The molecule has 2 rings (SSSR count). The van der Waals surface area contributed by atoms with Gasteiger partial charge in [0.1, 0.15) is 5.60 Å². The highest BCUT2D eigenvalue weighted by atomic mass is 31.0. The predicted octanol–water partition coefficient (Wildman–Crippen LogP) is 3.26. The van der Waals surface area contributed by atoms with Crippen molar-refractivity contribution in [1.82, 2.24) is 10.6 Å². The minimum absolute atomic E-state index is 0.199. The van der Waals surface area contributed by atoms with E-state index in [0.29, 0.717) is 5.56 Å². The third-order valence-corrected chi connectivity index (χ3v) is 5.50. The molecule has 0 aliphatic heterocycles. The summed E-state index contributed by atoms with van der Waals surface area (Å²) >= 11 is 0. The maximum absolute atomic E-state index is 13.2. The summed E-state index contributed by atoms with van der Waals surface area (Å²) in [5.74, 6) is -0.401. The molecule has 3 unspecified atom stereocenters. The largest absolute Gasteiger partial charge is 0.382 e. The Balaban J connectivity index is 2.02. The molecule has 2 aromatic rings. The standard InChI is InChI=1S/C20H24F2N3O2P/c1-19(18(23)28,20(2,27)17(21)22)25-12-24-16(26)15-10-8-14(9-11-15)13-6-4-3-5-7-13/h3-11,17,23,25,27H,12,28H2,1-2H3,(H,24,26). The molecule has 2 aromatic carbocycles. The van der Waals surface area contributed by atoms with Crippen LogP contribution in [0.25, 0.3) is 11.1 Å². The highest BCUT2D eigenvalue weighted by Crippen LogP contribution is 2.31. The van der Waals surface area contributed by atoms with Crippen LogP contribution in [0.1, 0.15) is 24.2 Å². The summed E-state index contributed by atoms with van der Waals surface area (Å²) in [5, 5.41) is 23.1. The summed E-state index contributed by atoms with van der Waals surface area (Å²) in [7, 11) is 2.01. The second-order valence-corrected chi connectivity index (χ2v) is 7.37. The van der Waals surface area contributed by atoms with Crippen LogP contribution in [-0.4, -0.2) is 40.7 Å². The number of aliphatic hydroxyl groups is 1. The van der Waals surface area contributed by atoms with Crippen LogP contribution in [0.2, 0.25) is 0 Å². The van der Waals surface area contributed by atoms with E-state index in [-0.39, 0.29) is 12.1 Å².